The molecule has 0 aromatic heterocycles. The van der Waals surface area contributed by atoms with Crippen molar-refractivity contribution in [2.45, 2.75) is 31.7 Å². The van der Waals surface area contributed by atoms with Gasteiger partial charge in [-0.15, -0.1) is 0 Å². The number of carboxylic acids is 1. The second-order valence-electron chi connectivity index (χ2n) is 5.15. The fraction of sp³-hybridized carbons (Fsp3) is 0.833. The Kier molecular flexibility index (Phi) is 3.66. The number of likely N-dealkylation sites (N-methyl/N-ethyl adjacent to an activating group) is 1. The summed E-state index contributed by atoms with van der Waals surface area (Å²) < 4.78 is 0. The number of hydrogen-bond acceptors (Lipinski definition) is 3. The molecule has 0 aromatic rings. The summed E-state index contributed by atoms with van der Waals surface area (Å²) in [5.41, 5.74) is 0. The highest BCUT2D eigenvalue weighted by Crippen LogP contribution is 2.31. The van der Waals surface area contributed by atoms with Crippen LogP contribution in [0.4, 0.5) is 0 Å². The second kappa shape index (κ2) is 5.04. The van der Waals surface area contributed by atoms with Crippen LogP contribution in [0.1, 0.15) is 25.7 Å². The molecule has 2 aliphatic rings. The van der Waals surface area contributed by atoms with E-state index in [4.69, 9.17) is 5.11 Å². The van der Waals surface area contributed by atoms with Crippen LogP contribution in [-0.2, 0) is 9.59 Å². The van der Waals surface area contributed by atoms with Crippen molar-refractivity contribution in [1.29, 1.82) is 0 Å². The first-order chi connectivity index (χ1) is 8.09. The van der Waals surface area contributed by atoms with Crippen molar-refractivity contribution in [3.63, 3.8) is 0 Å². The lowest BCUT2D eigenvalue weighted by Gasteiger charge is -2.19. The number of likely N-dealkylation sites (tertiary alicyclic amines) is 1. The number of amides is 1. The van der Waals surface area contributed by atoms with E-state index in [1.165, 1.54) is 0 Å². The van der Waals surface area contributed by atoms with E-state index < -0.39 is 5.97 Å². The number of carboxylic acid groups (broad SMARTS) is 1. The van der Waals surface area contributed by atoms with E-state index in [-0.39, 0.29) is 23.8 Å². The third-order valence-electron chi connectivity index (χ3n) is 4.03. The van der Waals surface area contributed by atoms with Crippen molar-refractivity contribution in [1.82, 2.24) is 10.2 Å². The van der Waals surface area contributed by atoms with E-state index in [9.17, 15) is 9.59 Å². The quantitative estimate of drug-likeness (QED) is 0.742. The first-order valence-electron chi connectivity index (χ1n) is 6.30. The Labute approximate surface area is 101 Å². The molecule has 96 valence electrons. The lowest BCUT2D eigenvalue weighted by Crippen LogP contribution is -2.40. The number of rotatable bonds is 4. The Morgan fingerprint density at radius 1 is 1.47 bits per heavy atom. The van der Waals surface area contributed by atoms with Gasteiger partial charge >= 0.3 is 5.97 Å². The summed E-state index contributed by atoms with van der Waals surface area (Å²) in [5, 5.41) is 12.3. The molecule has 1 saturated heterocycles. The summed E-state index contributed by atoms with van der Waals surface area (Å²) >= 11 is 0. The van der Waals surface area contributed by atoms with Gasteiger partial charge in [-0.1, -0.05) is 6.42 Å². The standard InChI is InChI=1S/C12H20N2O3/c1-14-6-5-10(11(14)15)13-7-8-3-2-4-9(8)12(16)17/h8-10,13H,2-7H2,1H3,(H,16,17). The monoisotopic (exact) mass is 240 g/mol. The predicted octanol–water partition coefficient (Wildman–Crippen LogP) is 0.308. The number of carbonyl (C=O) groups is 2. The zero-order valence-electron chi connectivity index (χ0n) is 10.2. The van der Waals surface area contributed by atoms with Crippen molar-refractivity contribution in [2.75, 3.05) is 20.1 Å². The van der Waals surface area contributed by atoms with Gasteiger partial charge in [0.25, 0.3) is 0 Å². The molecule has 5 nitrogen and oxygen atoms in total. The number of aliphatic carboxylic acids is 1. The van der Waals surface area contributed by atoms with Crippen LogP contribution in [-0.4, -0.2) is 48.1 Å². The Bertz CT molecular complexity index is 319. The molecule has 2 fully saturated rings. The van der Waals surface area contributed by atoms with Crippen LogP contribution >= 0.6 is 0 Å². The van der Waals surface area contributed by atoms with Gasteiger partial charge in [-0.05, 0) is 31.7 Å². The minimum absolute atomic E-state index is 0.102. The lowest BCUT2D eigenvalue weighted by molar-refractivity contribution is -0.142. The van der Waals surface area contributed by atoms with Crippen LogP contribution in [0.25, 0.3) is 0 Å². The van der Waals surface area contributed by atoms with Gasteiger partial charge in [0.2, 0.25) is 5.91 Å². The normalized spacial score (nSPS) is 33.4. The van der Waals surface area contributed by atoms with E-state index in [2.05, 4.69) is 5.32 Å². The summed E-state index contributed by atoms with van der Waals surface area (Å²) in [6.45, 7) is 1.45. The smallest absolute Gasteiger partial charge is 0.306 e. The molecule has 3 unspecified atom stereocenters. The molecule has 2 N–H and O–H groups in total. The maximum absolute atomic E-state index is 11.7. The summed E-state index contributed by atoms with van der Waals surface area (Å²) in [6.07, 6.45) is 3.56. The second-order valence-corrected chi connectivity index (χ2v) is 5.15. The third-order valence-corrected chi connectivity index (χ3v) is 4.03. The highest BCUT2D eigenvalue weighted by molar-refractivity contribution is 5.83. The SMILES string of the molecule is CN1CCC(NCC2CCCC2C(=O)O)C1=O. The van der Waals surface area contributed by atoms with Crippen LogP contribution in [0, 0.1) is 11.8 Å². The van der Waals surface area contributed by atoms with Crippen LogP contribution in [0.15, 0.2) is 0 Å². The van der Waals surface area contributed by atoms with Crippen molar-refractivity contribution >= 4 is 11.9 Å². The van der Waals surface area contributed by atoms with Gasteiger partial charge in [0.15, 0.2) is 0 Å². The maximum Gasteiger partial charge on any atom is 0.306 e. The van der Waals surface area contributed by atoms with Gasteiger partial charge in [0.1, 0.15) is 0 Å². The summed E-state index contributed by atoms with van der Waals surface area (Å²) in [7, 11) is 1.81. The molecule has 1 aliphatic carbocycles. The summed E-state index contributed by atoms with van der Waals surface area (Å²) in [4.78, 5) is 24.4. The molecule has 5 heteroatoms. The van der Waals surface area contributed by atoms with Crippen LogP contribution in [0.3, 0.4) is 0 Å². The van der Waals surface area contributed by atoms with E-state index in [0.717, 1.165) is 32.2 Å². The van der Waals surface area contributed by atoms with Gasteiger partial charge in [-0.2, -0.15) is 0 Å². The molecule has 0 radical (unpaired) electrons. The fourth-order valence-corrected chi connectivity index (χ4v) is 2.91. The molecule has 1 heterocycles. The molecule has 0 bridgehead atoms. The molecule has 0 spiro atoms. The molecule has 1 amide bonds. The number of nitrogens with zero attached hydrogens (tertiary/aromatic N) is 1. The molecule has 1 saturated carbocycles. The van der Waals surface area contributed by atoms with E-state index >= 15 is 0 Å². The van der Waals surface area contributed by atoms with E-state index in [1.54, 1.807) is 11.9 Å². The Morgan fingerprint density at radius 3 is 2.82 bits per heavy atom. The Morgan fingerprint density at radius 2 is 2.24 bits per heavy atom. The fourth-order valence-electron chi connectivity index (χ4n) is 2.91. The third kappa shape index (κ3) is 2.60. The van der Waals surface area contributed by atoms with Gasteiger partial charge in [0.05, 0.1) is 12.0 Å². The maximum atomic E-state index is 11.7. The molecule has 17 heavy (non-hydrogen) atoms. The van der Waals surface area contributed by atoms with Crippen LogP contribution < -0.4 is 5.32 Å². The van der Waals surface area contributed by atoms with E-state index in [1.807, 2.05) is 0 Å². The first-order valence-corrected chi connectivity index (χ1v) is 6.30. The predicted molar refractivity (Wildman–Crippen MR) is 62.5 cm³/mol. The lowest BCUT2D eigenvalue weighted by atomic mass is 9.96. The van der Waals surface area contributed by atoms with Gasteiger partial charge < -0.3 is 15.3 Å². The number of hydrogen-bond donors (Lipinski definition) is 2. The van der Waals surface area contributed by atoms with Crippen LogP contribution in [0.5, 0.6) is 0 Å². The van der Waals surface area contributed by atoms with Crippen LogP contribution in [0.2, 0.25) is 0 Å². The van der Waals surface area contributed by atoms with Gasteiger partial charge in [-0.25, -0.2) is 0 Å². The Hall–Kier alpha value is -1.10. The van der Waals surface area contributed by atoms with Crippen molar-refractivity contribution in [3.8, 4) is 0 Å². The molecular formula is C12H20N2O3. The average Bonchev–Trinajstić information content (AvgIpc) is 2.86. The highest BCUT2D eigenvalue weighted by atomic mass is 16.4. The zero-order chi connectivity index (χ0) is 12.4. The number of carbonyl (C=O) groups excluding carboxylic acids is 1. The summed E-state index contributed by atoms with van der Waals surface area (Å²) in [5.74, 6) is -0.595. The molecule has 1 aliphatic heterocycles. The molecule has 3 atom stereocenters. The minimum Gasteiger partial charge on any atom is -0.481 e. The first kappa shape index (κ1) is 12.4. The zero-order valence-corrected chi connectivity index (χ0v) is 10.2. The average molecular weight is 240 g/mol. The van der Waals surface area contributed by atoms with Gasteiger partial charge in [-0.3, -0.25) is 9.59 Å². The highest BCUT2D eigenvalue weighted by Gasteiger charge is 2.35. The van der Waals surface area contributed by atoms with E-state index in [0.29, 0.717) is 6.54 Å². The van der Waals surface area contributed by atoms with Gasteiger partial charge in [0, 0.05) is 13.6 Å². The largest absolute Gasteiger partial charge is 0.481 e. The topological polar surface area (TPSA) is 69.6 Å². The van der Waals surface area contributed by atoms with Crippen molar-refractivity contribution in [2.24, 2.45) is 11.8 Å². The Balaban J connectivity index is 1.82. The molecule has 2 rings (SSSR count). The number of nitrogens with one attached hydrogen (secondary N) is 1. The molecule has 0 aromatic carbocycles. The molecular weight excluding hydrogens is 220 g/mol. The summed E-state index contributed by atoms with van der Waals surface area (Å²) in [6, 6.07) is -0.102. The van der Waals surface area contributed by atoms with Crippen molar-refractivity contribution in [3.05, 3.63) is 0 Å². The van der Waals surface area contributed by atoms with Crippen molar-refractivity contribution < 1.29 is 14.7 Å². The minimum atomic E-state index is -0.691.